The van der Waals surface area contributed by atoms with Gasteiger partial charge in [-0.1, -0.05) is 58.8 Å². The Labute approximate surface area is 101 Å². The fraction of sp³-hybridized carbons (Fsp3) is 1.00. The molecule has 0 aromatic rings. The highest BCUT2D eigenvalue weighted by atomic mass is 16.7. The average Bonchev–Trinajstić information content (AvgIpc) is 2.21. The molecule has 0 N–H and O–H groups in total. The van der Waals surface area contributed by atoms with E-state index in [1.807, 2.05) is 0 Å². The van der Waals surface area contributed by atoms with Crippen LogP contribution in [-0.4, -0.2) is 24.3 Å². The fourth-order valence-electron chi connectivity index (χ4n) is 2.41. The van der Waals surface area contributed by atoms with Gasteiger partial charge in [0, 0.05) is 12.6 Å². The van der Waals surface area contributed by atoms with Crippen molar-refractivity contribution in [3.8, 4) is 0 Å². The van der Waals surface area contributed by atoms with Crippen LogP contribution in [0.25, 0.3) is 0 Å². The predicted molar refractivity (Wildman–Crippen MR) is 69.3 cm³/mol. The summed E-state index contributed by atoms with van der Waals surface area (Å²) < 4.78 is 0. The van der Waals surface area contributed by atoms with E-state index in [0.717, 1.165) is 13.2 Å². The van der Waals surface area contributed by atoms with Crippen molar-refractivity contribution in [3.05, 3.63) is 0 Å². The molecule has 1 unspecified atom stereocenters. The lowest BCUT2D eigenvalue weighted by atomic mass is 10.0. The largest absolute Gasteiger partial charge is 0.297 e. The van der Waals surface area contributed by atoms with Gasteiger partial charge >= 0.3 is 0 Å². The van der Waals surface area contributed by atoms with Crippen molar-refractivity contribution >= 4 is 0 Å². The molecule has 2 heteroatoms. The summed E-state index contributed by atoms with van der Waals surface area (Å²) in [5.41, 5.74) is 0. The van der Waals surface area contributed by atoms with E-state index in [9.17, 15) is 0 Å². The third-order valence-corrected chi connectivity index (χ3v) is 3.49. The van der Waals surface area contributed by atoms with Gasteiger partial charge in [0.25, 0.3) is 0 Å². The van der Waals surface area contributed by atoms with Crippen molar-refractivity contribution in [1.82, 2.24) is 5.06 Å². The van der Waals surface area contributed by atoms with Gasteiger partial charge in [0.15, 0.2) is 0 Å². The van der Waals surface area contributed by atoms with Gasteiger partial charge in [0.05, 0.1) is 6.61 Å². The monoisotopic (exact) mass is 227 g/mol. The van der Waals surface area contributed by atoms with Gasteiger partial charge in [-0.05, 0) is 12.8 Å². The number of unbranched alkanes of at least 4 members (excludes halogenated alkanes) is 5. The molecule has 1 rings (SSSR count). The number of hydroxylamine groups is 2. The molecule has 0 aromatic heterocycles. The number of hydrogen-bond donors (Lipinski definition) is 0. The van der Waals surface area contributed by atoms with Crippen molar-refractivity contribution in [2.45, 2.75) is 77.7 Å². The third-order valence-electron chi connectivity index (χ3n) is 3.49. The van der Waals surface area contributed by atoms with Gasteiger partial charge in [0.2, 0.25) is 0 Å². The van der Waals surface area contributed by atoms with Gasteiger partial charge in [0.1, 0.15) is 0 Å². The van der Waals surface area contributed by atoms with Crippen LogP contribution < -0.4 is 0 Å². The Bertz CT molecular complexity index is 157. The van der Waals surface area contributed by atoms with Crippen molar-refractivity contribution in [3.63, 3.8) is 0 Å². The first-order valence-electron chi connectivity index (χ1n) is 7.28. The molecule has 0 spiro atoms. The van der Waals surface area contributed by atoms with Crippen LogP contribution in [0.3, 0.4) is 0 Å². The highest BCUT2D eigenvalue weighted by molar-refractivity contribution is 4.69. The van der Waals surface area contributed by atoms with Crippen LogP contribution in [0.1, 0.15) is 71.6 Å². The lowest BCUT2D eigenvalue weighted by Crippen LogP contribution is -2.46. The molecular formula is C14H29NO. The summed E-state index contributed by atoms with van der Waals surface area (Å²) >= 11 is 0. The molecule has 0 bridgehead atoms. The van der Waals surface area contributed by atoms with Gasteiger partial charge in [-0.3, -0.25) is 4.84 Å². The zero-order chi connectivity index (χ0) is 11.6. The Morgan fingerprint density at radius 1 is 0.938 bits per heavy atom. The Kier molecular flexibility index (Phi) is 7.87. The lowest BCUT2D eigenvalue weighted by molar-refractivity contribution is -0.272. The van der Waals surface area contributed by atoms with Crippen LogP contribution in [0.5, 0.6) is 0 Å². The van der Waals surface area contributed by atoms with E-state index in [0.29, 0.717) is 6.04 Å². The first-order valence-corrected chi connectivity index (χ1v) is 7.28. The van der Waals surface area contributed by atoms with Crippen molar-refractivity contribution in [2.75, 3.05) is 13.2 Å². The second-order valence-electron chi connectivity index (χ2n) is 4.97. The second-order valence-corrected chi connectivity index (χ2v) is 4.97. The minimum Gasteiger partial charge on any atom is -0.297 e. The summed E-state index contributed by atoms with van der Waals surface area (Å²) in [6, 6.07) is 0.699. The third kappa shape index (κ3) is 5.31. The highest BCUT2D eigenvalue weighted by Gasteiger charge is 2.23. The van der Waals surface area contributed by atoms with E-state index in [-0.39, 0.29) is 0 Å². The summed E-state index contributed by atoms with van der Waals surface area (Å²) in [5, 5.41) is 2.20. The second kappa shape index (κ2) is 9.00. The average molecular weight is 227 g/mol. The molecule has 0 aromatic carbocycles. The van der Waals surface area contributed by atoms with E-state index in [2.05, 4.69) is 18.9 Å². The summed E-state index contributed by atoms with van der Waals surface area (Å²) in [5.74, 6) is 0. The summed E-state index contributed by atoms with van der Waals surface area (Å²) in [7, 11) is 0. The molecule has 1 saturated heterocycles. The molecule has 0 amide bonds. The smallest absolute Gasteiger partial charge is 0.0835 e. The molecular weight excluding hydrogens is 198 g/mol. The van der Waals surface area contributed by atoms with Crippen LogP contribution in [-0.2, 0) is 4.84 Å². The molecule has 1 aliphatic rings. The quantitative estimate of drug-likeness (QED) is 0.520. The zero-order valence-electron chi connectivity index (χ0n) is 11.2. The fourth-order valence-corrected chi connectivity index (χ4v) is 2.41. The molecule has 1 atom stereocenters. The first kappa shape index (κ1) is 14.0. The topological polar surface area (TPSA) is 12.5 Å². The maximum absolute atomic E-state index is 5.47. The molecule has 1 fully saturated rings. The molecule has 0 radical (unpaired) electrons. The molecule has 1 heterocycles. The van der Waals surface area contributed by atoms with Crippen LogP contribution in [0.4, 0.5) is 0 Å². The normalized spacial score (nSPS) is 18.4. The predicted octanol–water partition coefficient (Wildman–Crippen LogP) is 4.15. The Hall–Kier alpha value is -0.0800. The van der Waals surface area contributed by atoms with E-state index in [1.165, 1.54) is 57.8 Å². The Balaban J connectivity index is 1.98. The van der Waals surface area contributed by atoms with Gasteiger partial charge in [-0.15, -0.1) is 0 Å². The Morgan fingerprint density at radius 2 is 1.62 bits per heavy atom. The van der Waals surface area contributed by atoms with Crippen LogP contribution in [0.2, 0.25) is 0 Å². The first-order chi connectivity index (χ1) is 7.88. The maximum atomic E-state index is 5.47. The molecule has 0 aliphatic carbocycles. The van der Waals surface area contributed by atoms with Crippen LogP contribution in [0, 0.1) is 0 Å². The number of rotatable bonds is 10. The molecule has 1 aliphatic heterocycles. The summed E-state index contributed by atoms with van der Waals surface area (Å²) in [6.45, 7) is 6.64. The summed E-state index contributed by atoms with van der Waals surface area (Å²) in [4.78, 5) is 5.47. The zero-order valence-corrected chi connectivity index (χ0v) is 11.2. The van der Waals surface area contributed by atoms with E-state index in [4.69, 9.17) is 4.84 Å². The van der Waals surface area contributed by atoms with E-state index in [1.54, 1.807) is 0 Å². The number of hydrogen-bond acceptors (Lipinski definition) is 2. The highest BCUT2D eigenvalue weighted by Crippen LogP contribution is 2.19. The SMILES string of the molecule is CCCCCCCCC(CCC)N1CCO1. The number of nitrogens with zero attached hydrogens (tertiary/aromatic N) is 1. The van der Waals surface area contributed by atoms with E-state index >= 15 is 0 Å². The van der Waals surface area contributed by atoms with Crippen molar-refractivity contribution in [1.29, 1.82) is 0 Å². The van der Waals surface area contributed by atoms with Crippen molar-refractivity contribution in [2.24, 2.45) is 0 Å². The van der Waals surface area contributed by atoms with Crippen molar-refractivity contribution < 1.29 is 4.84 Å². The van der Waals surface area contributed by atoms with Crippen LogP contribution >= 0.6 is 0 Å². The molecule has 0 saturated carbocycles. The Morgan fingerprint density at radius 3 is 2.19 bits per heavy atom. The van der Waals surface area contributed by atoms with Crippen LogP contribution in [0.15, 0.2) is 0 Å². The lowest BCUT2D eigenvalue weighted by Gasteiger charge is -2.37. The maximum Gasteiger partial charge on any atom is 0.0835 e. The van der Waals surface area contributed by atoms with Gasteiger partial charge < -0.3 is 0 Å². The van der Waals surface area contributed by atoms with E-state index < -0.39 is 0 Å². The minimum absolute atomic E-state index is 0.699. The standard InChI is InChI=1S/C14H29NO/c1-3-5-6-7-8-9-11-14(10-4-2)15-12-13-16-15/h14H,3-13H2,1-2H3. The molecule has 16 heavy (non-hydrogen) atoms. The minimum atomic E-state index is 0.699. The summed E-state index contributed by atoms with van der Waals surface area (Å²) in [6.07, 6.45) is 12.3. The van der Waals surface area contributed by atoms with Gasteiger partial charge in [-0.25, -0.2) is 0 Å². The van der Waals surface area contributed by atoms with Gasteiger partial charge in [-0.2, -0.15) is 5.06 Å². The molecule has 2 nitrogen and oxygen atoms in total. The molecule has 96 valence electrons.